The van der Waals surface area contributed by atoms with Gasteiger partial charge in [0.25, 0.3) is 0 Å². The smallest absolute Gasteiger partial charge is 0.226 e. The standard InChI is InChI=1S/C46H49ClN4O7/c1-26-18-42(55)43(51(3)46(57)32(6-4-5-17-48)24-41(54)31-10-8-29(9-11-31)30-12-14-35(47)15-13-30)33-21-34-22-36(25-49)58-44(34)38(23-33)37-19-28(7-16-40(37)53)20-39(27(2)52)50-45(26)56/h7-16,19,21-23,26,32,39,43,53H,4-6,17-18,20,24-25,48-49H2,1-3H3,(H,50,56)/t26-,32-,39+,43+/m1/s1. The molecule has 12 heteroatoms. The number of furan rings is 1. The van der Waals surface area contributed by atoms with Crippen LogP contribution < -0.4 is 16.8 Å². The van der Waals surface area contributed by atoms with Gasteiger partial charge in [-0.05, 0) is 97.4 Å². The first kappa shape index (κ1) is 42.0. The minimum atomic E-state index is -1.20. The Hall–Kier alpha value is -5.62. The Kier molecular flexibility index (Phi) is 13.3. The topological polar surface area (TPSA) is 186 Å². The van der Waals surface area contributed by atoms with E-state index in [0.717, 1.165) is 11.1 Å². The predicted molar refractivity (Wildman–Crippen MR) is 224 cm³/mol. The molecule has 0 radical (unpaired) electrons. The number of nitrogens with zero attached hydrogens (tertiary/aromatic N) is 1. The van der Waals surface area contributed by atoms with E-state index in [4.69, 9.17) is 27.5 Å². The van der Waals surface area contributed by atoms with Gasteiger partial charge < -0.3 is 31.2 Å². The SMILES string of the molecule is CC(=O)[C@@H]1Cc2ccc(O)c(c2)-c2cc(cc3cc(CN)oc23)[C@H](N(C)C(=O)[C@H](CCCCN)CC(=O)c2ccc(-c3ccc(Cl)cc3)cc2)C(=O)C[C@@H](C)C(=O)N1. The number of halogens is 1. The lowest BCUT2D eigenvalue weighted by Crippen LogP contribution is -2.45. The molecule has 2 heterocycles. The van der Waals surface area contributed by atoms with Crippen molar-refractivity contribution >= 4 is 51.7 Å². The summed E-state index contributed by atoms with van der Waals surface area (Å²) in [6, 6.07) is 22.6. The maximum Gasteiger partial charge on any atom is 0.226 e. The second-order valence-electron chi connectivity index (χ2n) is 15.2. The van der Waals surface area contributed by atoms with Crippen molar-refractivity contribution in [1.82, 2.24) is 10.2 Å². The summed E-state index contributed by atoms with van der Waals surface area (Å²) < 4.78 is 6.16. The van der Waals surface area contributed by atoms with Gasteiger partial charge in [0.15, 0.2) is 17.3 Å². The van der Waals surface area contributed by atoms with Crippen LogP contribution >= 0.6 is 11.6 Å². The third-order valence-corrected chi connectivity index (χ3v) is 11.2. The minimum absolute atomic E-state index is 0.0796. The van der Waals surface area contributed by atoms with E-state index in [2.05, 4.69) is 5.32 Å². The Morgan fingerprint density at radius 1 is 0.914 bits per heavy atom. The van der Waals surface area contributed by atoms with E-state index in [0.29, 0.717) is 75.4 Å². The van der Waals surface area contributed by atoms with Gasteiger partial charge in [-0.1, -0.05) is 67.4 Å². The molecule has 11 nitrogen and oxygen atoms in total. The molecular formula is C46H49ClN4O7. The van der Waals surface area contributed by atoms with E-state index in [9.17, 15) is 29.1 Å². The number of fused-ring (bicyclic) bond motifs is 7. The molecular weight excluding hydrogens is 756 g/mol. The average molecular weight is 805 g/mol. The van der Waals surface area contributed by atoms with Crippen molar-refractivity contribution < 1.29 is 33.5 Å². The van der Waals surface area contributed by atoms with Crippen LogP contribution in [0.25, 0.3) is 33.2 Å². The fourth-order valence-corrected chi connectivity index (χ4v) is 7.81. The molecule has 302 valence electrons. The van der Waals surface area contributed by atoms with Crippen molar-refractivity contribution in [3.05, 3.63) is 112 Å². The molecule has 5 aromatic rings. The number of amides is 2. The Morgan fingerprint density at radius 3 is 2.26 bits per heavy atom. The Balaban J connectivity index is 1.41. The van der Waals surface area contributed by atoms with Crippen molar-refractivity contribution in [3.63, 3.8) is 0 Å². The van der Waals surface area contributed by atoms with Crippen molar-refractivity contribution in [2.45, 2.75) is 71.0 Å². The van der Waals surface area contributed by atoms with E-state index in [1.54, 1.807) is 61.5 Å². The summed E-state index contributed by atoms with van der Waals surface area (Å²) >= 11 is 6.06. The summed E-state index contributed by atoms with van der Waals surface area (Å²) in [5.41, 5.74) is 16.5. The number of hydrogen-bond donors (Lipinski definition) is 4. The largest absolute Gasteiger partial charge is 0.507 e. The highest BCUT2D eigenvalue weighted by Gasteiger charge is 2.36. The molecule has 4 atom stereocenters. The molecule has 6 rings (SSSR count). The summed E-state index contributed by atoms with van der Waals surface area (Å²) in [6.07, 6.45) is 1.37. The summed E-state index contributed by atoms with van der Waals surface area (Å²) in [4.78, 5) is 70.9. The van der Waals surface area contributed by atoms with Crippen molar-refractivity contribution in [2.24, 2.45) is 23.3 Å². The highest BCUT2D eigenvalue weighted by Crippen LogP contribution is 2.41. The Bertz CT molecular complexity index is 2340. The first-order chi connectivity index (χ1) is 27.8. The van der Waals surface area contributed by atoms with E-state index >= 15 is 0 Å². The third-order valence-electron chi connectivity index (χ3n) is 11.0. The van der Waals surface area contributed by atoms with Gasteiger partial charge in [-0.25, -0.2) is 0 Å². The van der Waals surface area contributed by atoms with E-state index in [1.807, 2.05) is 24.3 Å². The van der Waals surface area contributed by atoms with Crippen molar-refractivity contribution in [3.8, 4) is 28.0 Å². The van der Waals surface area contributed by atoms with E-state index in [1.165, 1.54) is 24.9 Å². The Labute approximate surface area is 342 Å². The quantitative estimate of drug-likeness (QED) is 0.0740. The van der Waals surface area contributed by atoms with Crippen LogP contribution in [0.5, 0.6) is 5.75 Å². The number of aromatic hydroxyl groups is 1. The zero-order chi connectivity index (χ0) is 41.7. The number of nitrogens with one attached hydrogen (secondary N) is 1. The van der Waals surface area contributed by atoms with Gasteiger partial charge in [-0.15, -0.1) is 0 Å². The van der Waals surface area contributed by atoms with Crippen LogP contribution in [-0.4, -0.2) is 58.8 Å². The highest BCUT2D eigenvalue weighted by atomic mass is 35.5. The van der Waals surface area contributed by atoms with Crippen molar-refractivity contribution in [1.29, 1.82) is 0 Å². The average Bonchev–Trinajstić information content (AvgIpc) is 3.64. The number of carbonyl (C=O) groups is 5. The molecule has 0 unspecified atom stereocenters. The fraction of sp³-hybridized carbons (Fsp3) is 0.326. The number of hydrogen-bond acceptors (Lipinski definition) is 9. The summed E-state index contributed by atoms with van der Waals surface area (Å²) in [5, 5.41) is 15.3. The zero-order valence-electron chi connectivity index (χ0n) is 32.9. The lowest BCUT2D eigenvalue weighted by molar-refractivity contribution is -0.142. The third kappa shape index (κ3) is 9.39. The summed E-state index contributed by atoms with van der Waals surface area (Å²) in [5.74, 6) is -3.08. The van der Waals surface area contributed by atoms with Crippen LogP contribution in [0.3, 0.4) is 0 Å². The van der Waals surface area contributed by atoms with Crippen LogP contribution in [0.4, 0.5) is 0 Å². The zero-order valence-corrected chi connectivity index (χ0v) is 33.7. The lowest BCUT2D eigenvalue weighted by Gasteiger charge is -2.32. The molecule has 0 fully saturated rings. The second-order valence-corrected chi connectivity index (χ2v) is 15.7. The normalized spacial score (nSPS) is 17.7. The van der Waals surface area contributed by atoms with Gasteiger partial charge in [0.05, 0.1) is 12.6 Å². The van der Waals surface area contributed by atoms with Gasteiger partial charge in [-0.3, -0.25) is 24.0 Å². The number of unbranched alkanes of at least 4 members (excludes halogenated alkanes) is 1. The van der Waals surface area contributed by atoms with Crippen LogP contribution in [0, 0.1) is 11.8 Å². The molecule has 0 spiro atoms. The first-order valence-corrected chi connectivity index (χ1v) is 19.9. The van der Waals surface area contributed by atoms with Crippen LogP contribution in [-0.2, 0) is 32.1 Å². The molecule has 58 heavy (non-hydrogen) atoms. The highest BCUT2D eigenvalue weighted by molar-refractivity contribution is 6.30. The second kappa shape index (κ2) is 18.3. The lowest BCUT2D eigenvalue weighted by atomic mass is 9.87. The number of carbonyl (C=O) groups excluding carboxylic acids is 5. The van der Waals surface area contributed by atoms with Gasteiger partial charge in [0.2, 0.25) is 11.8 Å². The molecule has 4 bridgehead atoms. The molecule has 4 aromatic carbocycles. The Morgan fingerprint density at radius 2 is 1.60 bits per heavy atom. The molecule has 2 amide bonds. The van der Waals surface area contributed by atoms with Crippen molar-refractivity contribution in [2.75, 3.05) is 13.6 Å². The van der Waals surface area contributed by atoms with Gasteiger partial charge in [0.1, 0.15) is 23.1 Å². The fourth-order valence-electron chi connectivity index (χ4n) is 7.69. The summed E-state index contributed by atoms with van der Waals surface area (Å²) in [6.45, 7) is 3.49. The number of nitrogens with two attached hydrogens (primary N) is 2. The molecule has 0 aliphatic carbocycles. The monoisotopic (exact) mass is 804 g/mol. The van der Waals surface area contributed by atoms with Gasteiger partial charge in [-0.2, -0.15) is 0 Å². The molecule has 1 aromatic heterocycles. The van der Waals surface area contributed by atoms with Crippen LogP contribution in [0.15, 0.2) is 89.3 Å². The number of phenols is 1. The number of ketones is 3. The van der Waals surface area contributed by atoms with E-state index in [-0.39, 0.29) is 43.1 Å². The predicted octanol–water partition coefficient (Wildman–Crippen LogP) is 7.33. The van der Waals surface area contributed by atoms with Crippen LogP contribution in [0.1, 0.15) is 79.2 Å². The van der Waals surface area contributed by atoms with Gasteiger partial charge >= 0.3 is 0 Å². The number of likely N-dealkylation sites (N-methyl/N-ethyl adjacent to an activating group) is 1. The number of benzene rings is 4. The molecule has 6 N–H and O–H groups in total. The molecule has 1 aliphatic rings. The number of Topliss-reactive ketones (excluding diaryl/α,β-unsaturated/α-hetero) is 3. The maximum absolute atomic E-state index is 14.7. The van der Waals surface area contributed by atoms with Gasteiger partial charge in [0, 0.05) is 58.8 Å². The van der Waals surface area contributed by atoms with Crippen LogP contribution in [0.2, 0.25) is 5.02 Å². The first-order valence-electron chi connectivity index (χ1n) is 19.6. The maximum atomic E-state index is 14.7. The molecule has 1 aliphatic heterocycles. The summed E-state index contributed by atoms with van der Waals surface area (Å²) in [7, 11) is 1.54. The number of phenolic OH excluding ortho intramolecular Hbond substituents is 1. The minimum Gasteiger partial charge on any atom is -0.507 e. The number of rotatable bonds is 12. The van der Waals surface area contributed by atoms with E-state index < -0.39 is 41.5 Å². The molecule has 0 saturated carbocycles. The molecule has 0 saturated heterocycles.